The summed E-state index contributed by atoms with van der Waals surface area (Å²) in [6, 6.07) is 9.89. The molecule has 2 fully saturated rings. The van der Waals surface area contributed by atoms with Crippen LogP contribution in [-0.2, 0) is 23.1 Å². The fourth-order valence-electron chi connectivity index (χ4n) is 5.85. The van der Waals surface area contributed by atoms with Crippen LogP contribution in [-0.4, -0.2) is 63.0 Å². The molecular weight excluding hydrogens is 526 g/mol. The van der Waals surface area contributed by atoms with Crippen molar-refractivity contribution in [3.63, 3.8) is 0 Å². The molecule has 10 nitrogen and oxygen atoms in total. The number of nitrogens with one attached hydrogen (secondary N) is 2. The molecule has 6 rings (SSSR count). The molecule has 2 atom stereocenters. The number of nitrogens with zero attached hydrogens (tertiary/aromatic N) is 5. The zero-order chi connectivity index (χ0) is 28.0. The van der Waals surface area contributed by atoms with Crippen molar-refractivity contribution >= 4 is 33.4 Å². The minimum atomic E-state index is -3.44. The lowest BCUT2D eigenvalue weighted by atomic mass is 9.96. The Morgan fingerprint density at radius 3 is 2.52 bits per heavy atom. The van der Waals surface area contributed by atoms with E-state index >= 15 is 0 Å². The Kier molecular flexibility index (Phi) is 6.95. The van der Waals surface area contributed by atoms with Crippen LogP contribution >= 0.6 is 0 Å². The third kappa shape index (κ3) is 5.66. The fourth-order valence-corrected chi connectivity index (χ4v) is 7.17. The summed E-state index contributed by atoms with van der Waals surface area (Å²) in [6.45, 7) is 8.44. The number of hydrogen-bond donors (Lipinski definition) is 2. The molecule has 2 aliphatic heterocycles. The second kappa shape index (κ2) is 10.4. The largest absolute Gasteiger partial charge is 0.336 e. The van der Waals surface area contributed by atoms with Gasteiger partial charge in [0.15, 0.2) is 0 Å². The van der Waals surface area contributed by atoms with E-state index in [1.807, 2.05) is 11.1 Å². The molecule has 11 heteroatoms. The molecule has 1 saturated heterocycles. The van der Waals surface area contributed by atoms with E-state index in [1.165, 1.54) is 17.3 Å². The Morgan fingerprint density at radius 1 is 1.02 bits per heavy atom. The highest BCUT2D eigenvalue weighted by Crippen LogP contribution is 2.32. The first kappa shape index (κ1) is 26.6. The van der Waals surface area contributed by atoms with Gasteiger partial charge in [-0.3, -0.25) is 14.4 Å². The maximum absolute atomic E-state index is 13.4. The number of aryl methyl sites for hydroxylation is 2. The first-order valence-electron chi connectivity index (χ1n) is 13.9. The fraction of sp³-hybridized carbons (Fsp3) is 0.448. The predicted molar refractivity (Wildman–Crippen MR) is 154 cm³/mol. The lowest BCUT2D eigenvalue weighted by Crippen LogP contribution is -2.50. The van der Waals surface area contributed by atoms with E-state index in [0.717, 1.165) is 42.9 Å². The molecule has 0 bridgehead atoms. The summed E-state index contributed by atoms with van der Waals surface area (Å²) in [7, 11) is -3.44. The molecule has 210 valence electrons. The van der Waals surface area contributed by atoms with E-state index in [2.05, 4.69) is 63.9 Å². The van der Waals surface area contributed by atoms with E-state index in [-0.39, 0.29) is 23.0 Å². The van der Waals surface area contributed by atoms with Crippen molar-refractivity contribution in [2.45, 2.75) is 76.9 Å². The lowest BCUT2D eigenvalue weighted by molar-refractivity contribution is 0.0460. The van der Waals surface area contributed by atoms with Crippen molar-refractivity contribution in [3.05, 3.63) is 70.7 Å². The van der Waals surface area contributed by atoms with Gasteiger partial charge in [-0.2, -0.15) is 0 Å². The summed E-state index contributed by atoms with van der Waals surface area (Å²) in [4.78, 5) is 31.2. The number of anilines is 3. The number of carbonyl (C=O) groups excluding carboxylic acids is 1. The molecule has 3 aliphatic rings. The zero-order valence-corrected chi connectivity index (χ0v) is 23.9. The number of rotatable bonds is 7. The minimum absolute atomic E-state index is 0.0441. The highest BCUT2D eigenvalue weighted by Gasteiger charge is 2.37. The van der Waals surface area contributed by atoms with Gasteiger partial charge in [0.25, 0.3) is 5.91 Å². The van der Waals surface area contributed by atoms with Crippen LogP contribution in [0.1, 0.15) is 65.3 Å². The van der Waals surface area contributed by atoms with Gasteiger partial charge in [-0.1, -0.05) is 6.07 Å². The molecule has 1 amide bonds. The molecular formula is C29H35N7O3S. The summed E-state index contributed by atoms with van der Waals surface area (Å²) < 4.78 is 27.1. The highest BCUT2D eigenvalue weighted by atomic mass is 32.2. The smallest absolute Gasteiger partial charge is 0.254 e. The SMILES string of the molecule is Cc1cc(C)cc(Nc2ncc3c(n2)CN([C@@H]2CCN(C(=O)c4ccnc(NS(=O)(=O)C5CC5)c4)[C@H](C)C2)C3)c1. The van der Waals surface area contributed by atoms with Gasteiger partial charge in [0.05, 0.1) is 10.9 Å². The molecule has 2 aromatic heterocycles. The standard InChI is InChI=1S/C29H35N7O3S/c1-18-10-19(2)12-23(11-18)32-29-31-15-22-16-35(17-26(22)33-29)24-7-9-36(20(3)13-24)28(37)21-6-8-30-27(14-21)34-40(38,39)25-4-5-25/h6,8,10-12,14-15,20,24-25H,4-5,7,9,13,16-17H2,1-3H3,(H,30,34)(H,31,32,33)/t20-,24-/m1/s1. The third-order valence-electron chi connectivity index (χ3n) is 8.00. The maximum Gasteiger partial charge on any atom is 0.254 e. The number of carbonyl (C=O) groups is 1. The van der Waals surface area contributed by atoms with Crippen molar-refractivity contribution < 1.29 is 13.2 Å². The van der Waals surface area contributed by atoms with Gasteiger partial charge in [0.2, 0.25) is 16.0 Å². The van der Waals surface area contributed by atoms with E-state index in [0.29, 0.717) is 36.9 Å². The van der Waals surface area contributed by atoms with E-state index in [9.17, 15) is 13.2 Å². The second-order valence-corrected chi connectivity index (χ2v) is 13.3. The zero-order valence-electron chi connectivity index (χ0n) is 23.1. The van der Waals surface area contributed by atoms with Gasteiger partial charge < -0.3 is 10.2 Å². The molecule has 1 aliphatic carbocycles. The van der Waals surface area contributed by atoms with Gasteiger partial charge in [-0.25, -0.2) is 23.4 Å². The number of sulfonamides is 1. The molecule has 1 saturated carbocycles. The van der Waals surface area contributed by atoms with E-state index in [4.69, 9.17) is 4.98 Å². The molecule has 40 heavy (non-hydrogen) atoms. The Bertz CT molecular complexity index is 1540. The van der Waals surface area contributed by atoms with E-state index in [1.54, 1.807) is 12.1 Å². The number of piperidine rings is 1. The van der Waals surface area contributed by atoms with Gasteiger partial charge >= 0.3 is 0 Å². The molecule has 2 N–H and O–H groups in total. The van der Waals surface area contributed by atoms with Crippen molar-refractivity contribution in [1.82, 2.24) is 24.8 Å². The molecule has 0 unspecified atom stereocenters. The molecule has 1 aromatic carbocycles. The summed E-state index contributed by atoms with van der Waals surface area (Å²) in [5.74, 6) is 0.705. The number of likely N-dealkylation sites (tertiary alicyclic amines) is 1. The first-order chi connectivity index (χ1) is 19.1. The second-order valence-electron chi connectivity index (χ2n) is 11.4. The van der Waals surface area contributed by atoms with E-state index < -0.39 is 10.0 Å². The van der Waals surface area contributed by atoms with Gasteiger partial charge in [-0.05, 0) is 81.8 Å². The average Bonchev–Trinajstić information content (AvgIpc) is 3.68. The number of hydrogen-bond acceptors (Lipinski definition) is 8. The first-order valence-corrected chi connectivity index (χ1v) is 15.4. The van der Waals surface area contributed by atoms with Crippen molar-refractivity contribution in [2.75, 3.05) is 16.6 Å². The van der Waals surface area contributed by atoms with Gasteiger partial charge in [0, 0.05) is 60.9 Å². The monoisotopic (exact) mass is 561 g/mol. The van der Waals surface area contributed by atoms with Crippen molar-refractivity contribution in [2.24, 2.45) is 0 Å². The van der Waals surface area contributed by atoms with Crippen LogP contribution < -0.4 is 10.0 Å². The van der Waals surface area contributed by atoms with Gasteiger partial charge in [-0.15, -0.1) is 0 Å². The quantitative estimate of drug-likeness (QED) is 0.442. The summed E-state index contributed by atoms with van der Waals surface area (Å²) in [5, 5.41) is 3.00. The Hall–Kier alpha value is -3.57. The van der Waals surface area contributed by atoms with Crippen LogP contribution in [0, 0.1) is 13.8 Å². The Morgan fingerprint density at radius 2 is 1.80 bits per heavy atom. The summed E-state index contributed by atoms with van der Waals surface area (Å²) in [5.41, 5.74) is 6.01. The van der Waals surface area contributed by atoms with Crippen LogP contribution in [0.4, 0.5) is 17.5 Å². The Balaban J connectivity index is 1.07. The number of aromatic nitrogens is 3. The molecule has 3 aromatic rings. The van der Waals surface area contributed by atoms with Crippen LogP contribution in [0.2, 0.25) is 0 Å². The Labute approximate surface area is 235 Å². The minimum Gasteiger partial charge on any atom is -0.336 e. The third-order valence-corrected chi connectivity index (χ3v) is 9.84. The highest BCUT2D eigenvalue weighted by molar-refractivity contribution is 7.93. The lowest BCUT2D eigenvalue weighted by Gasteiger charge is -2.41. The number of benzene rings is 1. The van der Waals surface area contributed by atoms with Gasteiger partial charge in [0.1, 0.15) is 5.82 Å². The molecule has 4 heterocycles. The maximum atomic E-state index is 13.4. The van der Waals surface area contributed by atoms with Crippen LogP contribution in [0.15, 0.2) is 42.7 Å². The average molecular weight is 562 g/mol. The predicted octanol–water partition coefficient (Wildman–Crippen LogP) is 4.15. The number of fused-ring (bicyclic) bond motifs is 1. The van der Waals surface area contributed by atoms with Crippen LogP contribution in [0.3, 0.4) is 0 Å². The topological polar surface area (TPSA) is 120 Å². The summed E-state index contributed by atoms with van der Waals surface area (Å²) >= 11 is 0. The molecule has 0 spiro atoms. The molecule has 0 radical (unpaired) electrons. The van der Waals surface area contributed by atoms with Crippen molar-refractivity contribution in [3.8, 4) is 0 Å². The van der Waals surface area contributed by atoms with Crippen LogP contribution in [0.5, 0.6) is 0 Å². The number of amides is 1. The number of pyridine rings is 1. The van der Waals surface area contributed by atoms with Crippen LogP contribution in [0.25, 0.3) is 0 Å². The summed E-state index contributed by atoms with van der Waals surface area (Å²) in [6.07, 6.45) is 6.46. The normalized spacial score (nSPS) is 21.2. The van der Waals surface area contributed by atoms with Crippen molar-refractivity contribution in [1.29, 1.82) is 0 Å².